The molecule has 1 N–H and O–H groups in total. The van der Waals surface area contributed by atoms with Crippen LogP contribution in [0.5, 0.6) is 0 Å². The van der Waals surface area contributed by atoms with Crippen molar-refractivity contribution in [3.05, 3.63) is 81.7 Å². The second-order valence-corrected chi connectivity index (χ2v) is 11.9. The average molecular weight is 497 g/mol. The molecule has 2 aliphatic carbocycles. The minimum absolute atomic E-state index is 0.0140. The third-order valence-corrected chi connectivity index (χ3v) is 8.86. The fraction of sp³-hybridized carbons (Fsp3) is 0.452. The van der Waals surface area contributed by atoms with E-state index in [9.17, 15) is 4.79 Å². The number of nitrogens with zero attached hydrogens (tertiary/aromatic N) is 3. The summed E-state index contributed by atoms with van der Waals surface area (Å²) in [5.74, 6) is 1.60. The number of aryl methyl sites for hydroxylation is 2. The Morgan fingerprint density at radius 3 is 2.62 bits per heavy atom. The van der Waals surface area contributed by atoms with E-state index in [2.05, 4.69) is 54.5 Å². The molecule has 0 radical (unpaired) electrons. The molecule has 192 valence electrons. The molecule has 6 rings (SSSR count). The highest BCUT2D eigenvalue weighted by molar-refractivity contribution is 5.84. The van der Waals surface area contributed by atoms with Crippen LogP contribution in [0.25, 0.3) is 22.1 Å². The van der Waals surface area contributed by atoms with Crippen molar-refractivity contribution >= 4 is 11.0 Å². The summed E-state index contributed by atoms with van der Waals surface area (Å²) in [5, 5.41) is 13.1. The minimum atomic E-state index is -0.180. The quantitative estimate of drug-likeness (QED) is 0.344. The molecule has 2 aromatic carbocycles. The molecule has 2 aliphatic rings. The molecular weight excluding hydrogens is 460 g/mol. The Hall–Kier alpha value is -3.25. The van der Waals surface area contributed by atoms with Crippen LogP contribution in [0.4, 0.5) is 0 Å². The molecule has 2 aromatic heterocycles. The van der Waals surface area contributed by atoms with E-state index in [-0.39, 0.29) is 22.4 Å². The van der Waals surface area contributed by atoms with E-state index < -0.39 is 0 Å². The summed E-state index contributed by atoms with van der Waals surface area (Å²) in [7, 11) is 2.00. The third-order valence-electron chi connectivity index (χ3n) is 8.86. The van der Waals surface area contributed by atoms with Gasteiger partial charge < -0.3 is 14.3 Å². The number of fused-ring (bicyclic) bond motifs is 1. The Morgan fingerprint density at radius 2 is 1.97 bits per heavy atom. The van der Waals surface area contributed by atoms with Gasteiger partial charge in [-0.1, -0.05) is 31.2 Å². The van der Waals surface area contributed by atoms with Gasteiger partial charge in [-0.3, -0.25) is 4.79 Å². The van der Waals surface area contributed by atoms with Crippen LogP contribution in [0, 0.1) is 12.8 Å². The van der Waals surface area contributed by atoms with Gasteiger partial charge in [0.25, 0.3) is 0 Å². The largest absolute Gasteiger partial charge is 0.463 e. The normalized spacial score (nSPS) is 23.4. The lowest BCUT2D eigenvalue weighted by molar-refractivity contribution is 0.185. The van der Waals surface area contributed by atoms with Crippen LogP contribution < -0.4 is 10.7 Å². The van der Waals surface area contributed by atoms with Crippen LogP contribution >= 0.6 is 0 Å². The highest BCUT2D eigenvalue weighted by atomic mass is 16.3. The third kappa shape index (κ3) is 3.93. The maximum absolute atomic E-state index is 13.9. The zero-order valence-electron chi connectivity index (χ0n) is 22.5. The van der Waals surface area contributed by atoms with Crippen molar-refractivity contribution in [2.45, 2.75) is 76.8 Å². The van der Waals surface area contributed by atoms with Crippen molar-refractivity contribution in [1.82, 2.24) is 20.1 Å². The molecule has 37 heavy (non-hydrogen) atoms. The highest BCUT2D eigenvalue weighted by Crippen LogP contribution is 2.51. The van der Waals surface area contributed by atoms with Crippen molar-refractivity contribution in [2.24, 2.45) is 13.0 Å². The van der Waals surface area contributed by atoms with E-state index in [1.54, 1.807) is 12.6 Å². The zero-order chi connectivity index (χ0) is 25.9. The van der Waals surface area contributed by atoms with Crippen LogP contribution in [0.15, 0.2) is 58.2 Å². The van der Waals surface area contributed by atoms with Gasteiger partial charge in [-0.15, -0.1) is 10.2 Å². The molecule has 1 atom stereocenters. The number of aromatic nitrogens is 3. The Balaban J connectivity index is 1.41. The first kappa shape index (κ1) is 24.1. The van der Waals surface area contributed by atoms with E-state index in [1.165, 1.54) is 24.8 Å². The van der Waals surface area contributed by atoms with Gasteiger partial charge in [-0.2, -0.15) is 0 Å². The number of hydrogen-bond donors (Lipinski definition) is 1. The molecule has 2 heterocycles. The standard InChI is InChI=1S/C31H36N4O2/c1-19-15-31(16-19,29-34-32-18-35(29)5)24-9-6-8-22(13-24)26-17-37-28-20(2)12-23(14-25(28)27(26)36)21(3)33-30(4)10-7-11-30/h6,8-9,12-14,17-19,21,33H,7,10-11,15-16H2,1-5H3/t19?,21-,31?/m1/s1. The molecule has 0 amide bonds. The minimum Gasteiger partial charge on any atom is -0.463 e. The molecule has 6 nitrogen and oxygen atoms in total. The van der Waals surface area contributed by atoms with E-state index >= 15 is 0 Å². The SMILES string of the molecule is Cc1cc([C@@H](C)NC2(C)CCC2)cc2c(=O)c(-c3cccc(C4(c5nncn5C)CC(C)C4)c3)coc12. The molecule has 0 spiro atoms. The van der Waals surface area contributed by atoms with Crippen molar-refractivity contribution in [2.75, 3.05) is 0 Å². The fourth-order valence-corrected chi connectivity index (χ4v) is 6.73. The lowest BCUT2D eigenvalue weighted by atomic mass is 9.58. The summed E-state index contributed by atoms with van der Waals surface area (Å²) in [6.07, 6.45) is 9.09. The van der Waals surface area contributed by atoms with Gasteiger partial charge in [0.15, 0.2) is 0 Å². The van der Waals surface area contributed by atoms with Crippen molar-refractivity contribution in [1.29, 1.82) is 0 Å². The summed E-state index contributed by atoms with van der Waals surface area (Å²) in [6.45, 7) is 8.77. The van der Waals surface area contributed by atoms with Crippen molar-refractivity contribution < 1.29 is 4.42 Å². The summed E-state index contributed by atoms with van der Waals surface area (Å²) in [6, 6.07) is 12.7. The van der Waals surface area contributed by atoms with E-state index in [0.717, 1.165) is 35.4 Å². The summed E-state index contributed by atoms with van der Waals surface area (Å²) < 4.78 is 8.12. The van der Waals surface area contributed by atoms with Crippen molar-refractivity contribution in [3.63, 3.8) is 0 Å². The van der Waals surface area contributed by atoms with Crippen LogP contribution in [-0.2, 0) is 12.5 Å². The Kier molecular flexibility index (Phi) is 5.64. The first-order chi connectivity index (χ1) is 17.7. The first-order valence-corrected chi connectivity index (χ1v) is 13.5. The topological polar surface area (TPSA) is 73.0 Å². The lowest BCUT2D eigenvalue weighted by Crippen LogP contribution is -2.49. The van der Waals surface area contributed by atoms with E-state index in [0.29, 0.717) is 22.5 Å². The Morgan fingerprint density at radius 1 is 1.19 bits per heavy atom. The first-order valence-electron chi connectivity index (χ1n) is 13.5. The second kappa shape index (κ2) is 8.66. The van der Waals surface area contributed by atoms with Gasteiger partial charge in [0.1, 0.15) is 24.0 Å². The number of benzene rings is 2. The predicted octanol–water partition coefficient (Wildman–Crippen LogP) is 6.21. The molecule has 0 bridgehead atoms. The summed E-state index contributed by atoms with van der Waals surface area (Å²) in [5.41, 5.74) is 5.45. The van der Waals surface area contributed by atoms with Gasteiger partial charge in [0.2, 0.25) is 5.43 Å². The maximum Gasteiger partial charge on any atom is 0.200 e. The molecule has 0 saturated heterocycles. The van der Waals surface area contributed by atoms with Crippen LogP contribution in [-0.4, -0.2) is 20.3 Å². The van der Waals surface area contributed by atoms with Crippen molar-refractivity contribution in [3.8, 4) is 11.1 Å². The number of hydrogen-bond acceptors (Lipinski definition) is 5. The lowest BCUT2D eigenvalue weighted by Gasteiger charge is -2.46. The number of nitrogens with one attached hydrogen (secondary N) is 1. The van der Waals surface area contributed by atoms with Crippen LogP contribution in [0.1, 0.15) is 81.4 Å². The van der Waals surface area contributed by atoms with E-state index in [1.807, 2.05) is 36.7 Å². The Bertz CT molecular complexity index is 1540. The van der Waals surface area contributed by atoms with E-state index in [4.69, 9.17) is 4.42 Å². The van der Waals surface area contributed by atoms with Crippen LogP contribution in [0.2, 0.25) is 0 Å². The predicted molar refractivity (Wildman–Crippen MR) is 147 cm³/mol. The summed E-state index contributed by atoms with van der Waals surface area (Å²) >= 11 is 0. The Labute approximate surface area is 218 Å². The maximum atomic E-state index is 13.9. The molecule has 2 saturated carbocycles. The number of rotatable bonds is 6. The fourth-order valence-electron chi connectivity index (χ4n) is 6.73. The van der Waals surface area contributed by atoms with Gasteiger partial charge in [0.05, 0.1) is 16.4 Å². The molecule has 0 aliphatic heterocycles. The highest BCUT2D eigenvalue weighted by Gasteiger charge is 2.48. The monoisotopic (exact) mass is 496 g/mol. The summed E-state index contributed by atoms with van der Waals surface area (Å²) in [4.78, 5) is 13.9. The molecule has 4 aromatic rings. The van der Waals surface area contributed by atoms with Gasteiger partial charge in [-0.25, -0.2) is 0 Å². The van der Waals surface area contributed by atoms with Gasteiger partial charge in [0, 0.05) is 18.6 Å². The molecular formula is C31H36N4O2. The zero-order valence-corrected chi connectivity index (χ0v) is 22.5. The van der Waals surface area contributed by atoms with Gasteiger partial charge in [-0.05, 0) is 93.2 Å². The van der Waals surface area contributed by atoms with Gasteiger partial charge >= 0.3 is 0 Å². The molecule has 2 fully saturated rings. The second-order valence-electron chi connectivity index (χ2n) is 11.9. The molecule has 6 heteroatoms. The molecule has 0 unspecified atom stereocenters. The van der Waals surface area contributed by atoms with Crippen LogP contribution in [0.3, 0.4) is 0 Å². The average Bonchev–Trinajstić information content (AvgIpc) is 3.27. The smallest absolute Gasteiger partial charge is 0.200 e.